The van der Waals surface area contributed by atoms with E-state index in [4.69, 9.17) is 23.8 Å². The molecule has 4 bridgehead atoms. The summed E-state index contributed by atoms with van der Waals surface area (Å²) < 4.78 is 0. The predicted octanol–water partition coefficient (Wildman–Crippen LogP) is 5.80. The molecule has 8 heteroatoms. The molecule has 1 amide bonds. The van der Waals surface area contributed by atoms with Crippen LogP contribution in [0.5, 0.6) is 0 Å². The van der Waals surface area contributed by atoms with Crippen LogP contribution in [0.4, 0.5) is 5.69 Å². The van der Waals surface area contributed by atoms with Crippen LogP contribution < -0.4 is 10.6 Å². The van der Waals surface area contributed by atoms with Crippen molar-refractivity contribution in [1.82, 2.24) is 20.3 Å². The van der Waals surface area contributed by atoms with E-state index >= 15 is 0 Å². The third-order valence-electron chi connectivity index (χ3n) is 7.99. The van der Waals surface area contributed by atoms with E-state index in [9.17, 15) is 4.79 Å². The summed E-state index contributed by atoms with van der Waals surface area (Å²) in [6.45, 7) is 1.99. The highest BCUT2D eigenvalue weighted by Gasteiger charge is 2.51. The van der Waals surface area contributed by atoms with Gasteiger partial charge in [0.2, 0.25) is 5.91 Å². The number of amides is 1. The molecule has 0 unspecified atom stereocenters. The Hall–Kier alpha value is -2.51. The highest BCUT2D eigenvalue weighted by Crippen LogP contribution is 2.61. The molecule has 1 aromatic heterocycles. The molecule has 0 atom stereocenters. The van der Waals surface area contributed by atoms with E-state index in [2.05, 4.69) is 20.8 Å². The van der Waals surface area contributed by atoms with Gasteiger partial charge >= 0.3 is 0 Å². The fourth-order valence-electron chi connectivity index (χ4n) is 7.06. The van der Waals surface area contributed by atoms with Crippen molar-refractivity contribution in [2.75, 3.05) is 5.32 Å². The van der Waals surface area contributed by atoms with Crippen LogP contribution in [0.25, 0.3) is 16.7 Å². The van der Waals surface area contributed by atoms with Crippen LogP contribution in [0.15, 0.2) is 36.4 Å². The third kappa shape index (κ3) is 4.20. The topological polar surface area (TPSA) is 71.8 Å². The van der Waals surface area contributed by atoms with Crippen molar-refractivity contribution in [3.63, 3.8) is 0 Å². The second-order valence-electron chi connectivity index (χ2n) is 10.7. The van der Waals surface area contributed by atoms with E-state index in [1.807, 2.05) is 43.3 Å². The number of hydrogen-bond donors (Lipinski definition) is 2. The molecule has 4 saturated carbocycles. The van der Waals surface area contributed by atoms with Gasteiger partial charge in [-0.15, -0.1) is 10.2 Å². The van der Waals surface area contributed by atoms with E-state index in [1.54, 1.807) is 4.80 Å². The normalized spacial score (nSPS) is 27.2. The fraction of sp³-hybridized carbons (Fsp3) is 0.462. The predicted molar refractivity (Wildman–Crippen MR) is 138 cm³/mol. The number of carbonyl (C=O) groups excluding carboxylic acids is 1. The molecule has 2 N–H and O–H groups in total. The Labute approximate surface area is 209 Å². The first-order valence-corrected chi connectivity index (χ1v) is 12.9. The minimum atomic E-state index is 0.0341. The number of benzene rings is 2. The first-order chi connectivity index (χ1) is 16.3. The highest BCUT2D eigenvalue weighted by molar-refractivity contribution is 7.80. The number of aryl methyl sites for hydroxylation is 1. The van der Waals surface area contributed by atoms with Gasteiger partial charge in [0.05, 0.1) is 5.69 Å². The summed E-state index contributed by atoms with van der Waals surface area (Å²) in [5, 5.41) is 16.3. The Balaban J connectivity index is 1.13. The minimum absolute atomic E-state index is 0.0341. The number of rotatable bonds is 4. The maximum absolute atomic E-state index is 12.9. The molecule has 0 spiro atoms. The summed E-state index contributed by atoms with van der Waals surface area (Å²) in [7, 11) is 0. The van der Waals surface area contributed by atoms with Gasteiger partial charge in [-0.2, -0.15) is 4.80 Å². The Kier molecular flexibility index (Phi) is 5.37. The SMILES string of the molecule is Cc1cc2nn(-c3ccc(Cl)cc3)nc2cc1NC(=S)NC(=O)CC12CC3CC(CC(C3)C1)C2. The number of hydrogen-bond acceptors (Lipinski definition) is 4. The Bertz CT molecular complexity index is 1250. The van der Waals surface area contributed by atoms with Crippen LogP contribution in [0.1, 0.15) is 50.5 Å². The quantitative estimate of drug-likeness (QED) is 0.449. The minimum Gasteiger partial charge on any atom is -0.332 e. The monoisotopic (exact) mass is 493 g/mol. The summed E-state index contributed by atoms with van der Waals surface area (Å²) in [5.74, 6) is 2.53. The van der Waals surface area contributed by atoms with Crippen LogP contribution in [0, 0.1) is 30.1 Å². The molecular formula is C26H28ClN5OS. The number of halogens is 1. The smallest absolute Gasteiger partial charge is 0.226 e. The average Bonchev–Trinajstić information content (AvgIpc) is 3.15. The van der Waals surface area contributed by atoms with E-state index in [0.29, 0.717) is 16.6 Å². The van der Waals surface area contributed by atoms with E-state index in [1.165, 1.54) is 38.5 Å². The molecule has 7 rings (SSSR count). The molecule has 3 aromatic rings. The van der Waals surface area contributed by atoms with Crippen molar-refractivity contribution < 1.29 is 4.79 Å². The molecular weight excluding hydrogens is 466 g/mol. The molecule has 4 aliphatic carbocycles. The van der Waals surface area contributed by atoms with Crippen molar-refractivity contribution in [1.29, 1.82) is 0 Å². The van der Waals surface area contributed by atoms with Crippen molar-refractivity contribution in [2.24, 2.45) is 23.2 Å². The Morgan fingerprint density at radius 3 is 2.26 bits per heavy atom. The molecule has 34 heavy (non-hydrogen) atoms. The van der Waals surface area contributed by atoms with Gasteiger partial charge in [-0.1, -0.05) is 11.6 Å². The maximum atomic E-state index is 12.9. The van der Waals surface area contributed by atoms with Crippen LogP contribution >= 0.6 is 23.8 Å². The molecule has 176 valence electrons. The number of thiocarbonyl (C=S) groups is 1. The summed E-state index contributed by atoms with van der Waals surface area (Å²) in [6.07, 6.45) is 8.37. The number of fused-ring (bicyclic) bond motifs is 1. The molecule has 0 radical (unpaired) electrons. The zero-order valence-electron chi connectivity index (χ0n) is 19.2. The standard InChI is InChI=1S/C26H28ClN5OS/c1-15-6-22-23(31-32(30-22)20-4-2-19(27)3-5-20)10-21(15)28-25(34)29-24(33)14-26-11-16-7-17(12-26)9-18(8-16)13-26/h2-6,10,16-18H,7-9,11-14H2,1H3,(H2,28,29,33,34). The first-order valence-electron chi connectivity index (χ1n) is 12.1. The number of anilines is 1. The van der Waals surface area contributed by atoms with Gasteiger partial charge in [-0.25, -0.2) is 0 Å². The maximum Gasteiger partial charge on any atom is 0.226 e. The van der Waals surface area contributed by atoms with Crippen LogP contribution in [0.3, 0.4) is 0 Å². The molecule has 4 fully saturated rings. The lowest BCUT2D eigenvalue weighted by Crippen LogP contribution is -2.48. The number of nitrogens with zero attached hydrogens (tertiary/aromatic N) is 3. The van der Waals surface area contributed by atoms with Crippen molar-refractivity contribution in [3.05, 3.63) is 47.0 Å². The summed E-state index contributed by atoms with van der Waals surface area (Å²) in [6, 6.07) is 11.3. The summed E-state index contributed by atoms with van der Waals surface area (Å²) >= 11 is 11.5. The molecule has 0 aliphatic heterocycles. The van der Waals surface area contributed by atoms with Gasteiger partial charge in [0.1, 0.15) is 11.0 Å². The van der Waals surface area contributed by atoms with Gasteiger partial charge in [0.15, 0.2) is 5.11 Å². The summed E-state index contributed by atoms with van der Waals surface area (Å²) in [4.78, 5) is 14.5. The van der Waals surface area contributed by atoms with Crippen molar-refractivity contribution in [3.8, 4) is 5.69 Å². The summed E-state index contributed by atoms with van der Waals surface area (Å²) in [5.41, 5.74) is 4.36. The average molecular weight is 494 g/mol. The van der Waals surface area contributed by atoms with Crippen LogP contribution in [-0.2, 0) is 4.79 Å². The molecule has 6 nitrogen and oxygen atoms in total. The lowest BCUT2D eigenvalue weighted by Gasteiger charge is -2.56. The van der Waals surface area contributed by atoms with E-state index in [0.717, 1.165) is 45.7 Å². The molecule has 0 saturated heterocycles. The van der Waals surface area contributed by atoms with E-state index in [-0.39, 0.29) is 11.3 Å². The number of aromatic nitrogens is 3. The molecule has 2 aromatic carbocycles. The lowest BCUT2D eigenvalue weighted by molar-refractivity contribution is -0.127. The second-order valence-corrected chi connectivity index (χ2v) is 11.6. The van der Waals surface area contributed by atoms with Crippen molar-refractivity contribution >= 4 is 51.6 Å². The van der Waals surface area contributed by atoms with Gasteiger partial charge in [0, 0.05) is 17.1 Å². The lowest BCUT2D eigenvalue weighted by atomic mass is 9.49. The van der Waals surface area contributed by atoms with Crippen LogP contribution in [0.2, 0.25) is 5.02 Å². The largest absolute Gasteiger partial charge is 0.332 e. The molecule has 4 aliphatic rings. The fourth-order valence-corrected chi connectivity index (χ4v) is 7.41. The number of nitrogens with one attached hydrogen (secondary N) is 2. The molecule has 1 heterocycles. The van der Waals surface area contributed by atoms with E-state index < -0.39 is 0 Å². The first kappa shape index (κ1) is 22.0. The van der Waals surface area contributed by atoms with Crippen LogP contribution in [-0.4, -0.2) is 26.0 Å². The van der Waals surface area contributed by atoms with Gasteiger partial charge in [-0.3, -0.25) is 4.79 Å². The number of carbonyl (C=O) groups is 1. The van der Waals surface area contributed by atoms with Crippen molar-refractivity contribution in [2.45, 2.75) is 51.9 Å². The van der Waals surface area contributed by atoms with Gasteiger partial charge < -0.3 is 10.6 Å². The van der Waals surface area contributed by atoms with Gasteiger partial charge in [-0.05, 0) is 123 Å². The zero-order valence-corrected chi connectivity index (χ0v) is 20.8. The highest BCUT2D eigenvalue weighted by atomic mass is 35.5. The Morgan fingerprint density at radius 2 is 1.65 bits per heavy atom. The Morgan fingerprint density at radius 1 is 1.06 bits per heavy atom. The second kappa shape index (κ2) is 8.31. The van der Waals surface area contributed by atoms with Gasteiger partial charge in [0.25, 0.3) is 0 Å². The third-order valence-corrected chi connectivity index (χ3v) is 8.44. The zero-order chi connectivity index (χ0) is 23.4.